The van der Waals surface area contributed by atoms with Crippen LogP contribution in [0.4, 0.5) is 15.3 Å². The number of nitrogens with one attached hydrogen (secondary N) is 2. The zero-order chi connectivity index (χ0) is 32.0. The number of thiazole rings is 1. The van der Waals surface area contributed by atoms with Crippen molar-refractivity contribution in [1.82, 2.24) is 25.2 Å². The second-order valence-corrected chi connectivity index (χ2v) is 13.1. The van der Waals surface area contributed by atoms with Crippen molar-refractivity contribution in [2.45, 2.75) is 46.7 Å². The Balaban J connectivity index is 1.26. The first-order valence-corrected chi connectivity index (χ1v) is 15.8. The molecule has 1 aromatic carbocycles. The number of aromatic nitrogens is 3. The molecule has 45 heavy (non-hydrogen) atoms. The van der Waals surface area contributed by atoms with E-state index in [1.54, 1.807) is 17.3 Å². The molecule has 14 heteroatoms. The number of benzene rings is 1. The number of amides is 2. The third-order valence-corrected chi connectivity index (χ3v) is 9.68. The summed E-state index contributed by atoms with van der Waals surface area (Å²) in [6.45, 7) is 2.82. The van der Waals surface area contributed by atoms with Crippen molar-refractivity contribution >= 4 is 51.8 Å². The van der Waals surface area contributed by atoms with Gasteiger partial charge in [0.05, 0.1) is 27.8 Å². The number of pyridine rings is 2. The van der Waals surface area contributed by atoms with Gasteiger partial charge in [-0.15, -0.1) is 0 Å². The number of nitrogens with zero attached hydrogens (tertiary/aromatic N) is 4. The molecule has 0 aliphatic carbocycles. The fourth-order valence-electron chi connectivity index (χ4n) is 5.21. The van der Waals surface area contributed by atoms with E-state index in [0.717, 1.165) is 22.9 Å². The number of likely N-dealkylation sites (tertiary alicyclic amines) is 1. The lowest BCUT2D eigenvalue weighted by Gasteiger charge is -2.43. The Hall–Kier alpha value is -4.40. The number of piperidine rings is 1. The number of nitrogens with two attached hydrogens (primary N) is 1. The number of rotatable bonds is 11. The Morgan fingerprint density at radius 1 is 1.11 bits per heavy atom. The number of hydrogen-bond acceptors (Lipinski definition) is 10. The number of aryl methyl sites for hydroxylation is 1. The van der Waals surface area contributed by atoms with Crippen LogP contribution in [0.25, 0.3) is 0 Å². The molecule has 4 heterocycles. The molecule has 1 atom stereocenters. The molecular formula is C31H32FN7O4S2. The summed E-state index contributed by atoms with van der Waals surface area (Å²) in [6.07, 6.45) is 5.27. The van der Waals surface area contributed by atoms with Gasteiger partial charge in [-0.3, -0.25) is 14.4 Å². The third kappa shape index (κ3) is 7.82. The van der Waals surface area contributed by atoms with Gasteiger partial charge in [-0.25, -0.2) is 19.3 Å². The lowest BCUT2D eigenvalue weighted by atomic mass is 9.72. The highest BCUT2D eigenvalue weighted by Crippen LogP contribution is 2.37. The second-order valence-electron chi connectivity index (χ2n) is 10.8. The standard InChI is InChI=1S/C31H32FN7O4S2/c1-19-7-11-34-23(15-19)38-30-36-17-25(45-30)44-22-8-12-35-27(26(22)32)28(42)37-18-31(20-5-3-2-4-6-20)9-13-39(14-10-31)29(43)21(33)16-24(40)41/h2-8,11-12,15,17,21H,9-10,13-14,16,18,33H2,1H3,(H,37,42)(H,40,41)(H,34,36,38). The zero-order valence-corrected chi connectivity index (χ0v) is 26.0. The van der Waals surface area contributed by atoms with Crippen LogP contribution < -0.4 is 16.4 Å². The van der Waals surface area contributed by atoms with Crippen molar-refractivity contribution in [2.24, 2.45) is 5.73 Å². The van der Waals surface area contributed by atoms with E-state index in [0.29, 0.717) is 41.1 Å². The number of aliphatic carboxylic acids is 1. The maximum Gasteiger partial charge on any atom is 0.305 e. The smallest absolute Gasteiger partial charge is 0.305 e. The number of carboxylic acids is 1. The van der Waals surface area contributed by atoms with Crippen molar-refractivity contribution in [3.63, 3.8) is 0 Å². The van der Waals surface area contributed by atoms with Crippen LogP contribution in [0.1, 0.15) is 40.9 Å². The average molecular weight is 650 g/mol. The van der Waals surface area contributed by atoms with Crippen LogP contribution in [0.2, 0.25) is 0 Å². The first-order valence-electron chi connectivity index (χ1n) is 14.2. The van der Waals surface area contributed by atoms with Gasteiger partial charge in [-0.1, -0.05) is 53.4 Å². The van der Waals surface area contributed by atoms with Crippen molar-refractivity contribution in [3.8, 4) is 0 Å². The van der Waals surface area contributed by atoms with E-state index in [-0.39, 0.29) is 17.1 Å². The summed E-state index contributed by atoms with van der Waals surface area (Å²) in [7, 11) is 0. The van der Waals surface area contributed by atoms with E-state index in [1.807, 2.05) is 49.4 Å². The molecule has 2 amide bonds. The summed E-state index contributed by atoms with van der Waals surface area (Å²) in [5.41, 5.74) is 6.99. The zero-order valence-electron chi connectivity index (χ0n) is 24.4. The quantitative estimate of drug-likeness (QED) is 0.184. The average Bonchev–Trinajstić information content (AvgIpc) is 3.47. The molecule has 1 aliphatic rings. The predicted octanol–water partition coefficient (Wildman–Crippen LogP) is 4.37. The molecule has 0 bridgehead atoms. The van der Waals surface area contributed by atoms with Crippen LogP contribution in [0, 0.1) is 12.7 Å². The van der Waals surface area contributed by atoms with Crippen LogP contribution in [0.5, 0.6) is 0 Å². The molecule has 1 fully saturated rings. The minimum Gasteiger partial charge on any atom is -0.481 e. The highest BCUT2D eigenvalue weighted by Gasteiger charge is 2.39. The fraction of sp³-hybridized carbons (Fsp3) is 0.290. The molecule has 234 valence electrons. The van der Waals surface area contributed by atoms with Crippen LogP contribution >= 0.6 is 23.1 Å². The van der Waals surface area contributed by atoms with Gasteiger partial charge in [-0.05, 0) is 49.1 Å². The van der Waals surface area contributed by atoms with Crippen molar-refractivity contribution in [1.29, 1.82) is 0 Å². The highest BCUT2D eigenvalue weighted by molar-refractivity contribution is 8.01. The largest absolute Gasteiger partial charge is 0.481 e. The fourth-order valence-corrected chi connectivity index (χ4v) is 7.07. The summed E-state index contributed by atoms with van der Waals surface area (Å²) in [6, 6.07) is 13.8. The number of carbonyl (C=O) groups excluding carboxylic acids is 2. The molecule has 5 rings (SSSR count). The topological polar surface area (TPSA) is 163 Å². The first kappa shape index (κ1) is 32.0. The van der Waals surface area contributed by atoms with Crippen LogP contribution in [-0.2, 0) is 15.0 Å². The van der Waals surface area contributed by atoms with E-state index in [9.17, 15) is 14.4 Å². The summed E-state index contributed by atoms with van der Waals surface area (Å²) in [5.74, 6) is -2.28. The maximum atomic E-state index is 15.6. The Labute approximate surface area is 267 Å². The monoisotopic (exact) mass is 649 g/mol. The number of hydrogen-bond donors (Lipinski definition) is 4. The van der Waals surface area contributed by atoms with E-state index in [1.165, 1.54) is 23.6 Å². The van der Waals surface area contributed by atoms with E-state index in [4.69, 9.17) is 10.8 Å². The molecule has 5 N–H and O–H groups in total. The minimum absolute atomic E-state index is 0.189. The molecule has 1 aliphatic heterocycles. The molecule has 0 radical (unpaired) electrons. The van der Waals surface area contributed by atoms with Gasteiger partial charge in [0.1, 0.15) is 5.82 Å². The maximum absolute atomic E-state index is 15.6. The molecule has 1 unspecified atom stereocenters. The Kier molecular flexibility index (Phi) is 10.1. The Morgan fingerprint density at radius 2 is 1.84 bits per heavy atom. The van der Waals surface area contributed by atoms with Gasteiger partial charge in [0.15, 0.2) is 16.6 Å². The molecule has 1 saturated heterocycles. The lowest BCUT2D eigenvalue weighted by Crippen LogP contribution is -2.53. The van der Waals surface area contributed by atoms with Crippen LogP contribution in [-0.4, -0.2) is 68.4 Å². The first-order chi connectivity index (χ1) is 21.6. The highest BCUT2D eigenvalue weighted by atomic mass is 32.2. The van der Waals surface area contributed by atoms with Crippen molar-refractivity contribution in [3.05, 3.63) is 89.8 Å². The van der Waals surface area contributed by atoms with Gasteiger partial charge in [0, 0.05) is 37.4 Å². The number of carboxylic acid groups (broad SMARTS) is 1. The molecule has 0 spiro atoms. The van der Waals surface area contributed by atoms with Gasteiger partial charge >= 0.3 is 5.97 Å². The normalized spacial score (nSPS) is 14.9. The van der Waals surface area contributed by atoms with E-state index < -0.39 is 41.5 Å². The van der Waals surface area contributed by atoms with Crippen molar-refractivity contribution in [2.75, 3.05) is 25.0 Å². The summed E-state index contributed by atoms with van der Waals surface area (Å²) in [4.78, 5) is 51.5. The molecule has 0 saturated carbocycles. The summed E-state index contributed by atoms with van der Waals surface area (Å²) >= 11 is 2.48. The Bertz CT molecular complexity index is 1680. The van der Waals surface area contributed by atoms with Crippen LogP contribution in [0.15, 0.2) is 76.2 Å². The molecule has 11 nitrogen and oxygen atoms in total. The van der Waals surface area contributed by atoms with Gasteiger partial charge in [0.25, 0.3) is 5.91 Å². The van der Waals surface area contributed by atoms with Crippen LogP contribution in [0.3, 0.4) is 0 Å². The number of halogens is 1. The number of anilines is 2. The molecule has 3 aromatic heterocycles. The van der Waals surface area contributed by atoms with E-state index >= 15 is 4.39 Å². The molecule has 4 aromatic rings. The number of carbonyl (C=O) groups is 3. The molecular weight excluding hydrogens is 618 g/mol. The minimum atomic E-state index is -1.14. The van der Waals surface area contributed by atoms with Crippen molar-refractivity contribution < 1.29 is 23.9 Å². The Morgan fingerprint density at radius 3 is 2.56 bits per heavy atom. The summed E-state index contributed by atoms with van der Waals surface area (Å²) < 4.78 is 16.3. The summed E-state index contributed by atoms with van der Waals surface area (Å²) in [5, 5.41) is 15.6. The SMILES string of the molecule is Cc1ccnc(Nc2ncc(Sc3ccnc(C(=O)NCC4(c5ccccc5)CCN(C(=O)C(N)CC(=O)O)CC4)c3F)s2)c1. The third-order valence-electron chi connectivity index (χ3n) is 7.63. The predicted molar refractivity (Wildman–Crippen MR) is 169 cm³/mol. The lowest BCUT2D eigenvalue weighted by molar-refractivity contribution is -0.142. The second kappa shape index (κ2) is 14.1. The van der Waals surface area contributed by atoms with Gasteiger partial charge in [-0.2, -0.15) is 0 Å². The van der Waals surface area contributed by atoms with Gasteiger partial charge < -0.3 is 26.4 Å². The van der Waals surface area contributed by atoms with Gasteiger partial charge in [0.2, 0.25) is 5.91 Å². The van der Waals surface area contributed by atoms with E-state index in [2.05, 4.69) is 25.6 Å².